The van der Waals surface area contributed by atoms with Gasteiger partial charge in [0.05, 0.1) is 13.0 Å². The molecule has 0 aromatic heterocycles. The normalized spacial score (nSPS) is 16.9. The summed E-state index contributed by atoms with van der Waals surface area (Å²) in [6.45, 7) is 0. The van der Waals surface area contributed by atoms with E-state index >= 15 is 0 Å². The molecule has 3 nitrogen and oxygen atoms in total. The fourth-order valence-electron chi connectivity index (χ4n) is 2.96. The van der Waals surface area contributed by atoms with Crippen molar-refractivity contribution in [1.29, 1.82) is 0 Å². The van der Waals surface area contributed by atoms with E-state index in [2.05, 4.69) is 17.4 Å². The van der Waals surface area contributed by atoms with Crippen LogP contribution in [0.15, 0.2) is 48.5 Å². The molecule has 0 heterocycles. The van der Waals surface area contributed by atoms with E-state index in [0.717, 1.165) is 30.7 Å². The molecule has 3 heteroatoms. The highest BCUT2D eigenvalue weighted by atomic mass is 16.5. The van der Waals surface area contributed by atoms with Crippen LogP contribution in [0.4, 0.5) is 5.69 Å². The van der Waals surface area contributed by atoms with Gasteiger partial charge in [0, 0.05) is 11.8 Å². The summed E-state index contributed by atoms with van der Waals surface area (Å²) in [5.74, 6) is 0.758. The van der Waals surface area contributed by atoms with Crippen LogP contribution < -0.4 is 10.1 Å². The molecular formula is C18H19NO2. The molecule has 0 unspecified atom stereocenters. The van der Waals surface area contributed by atoms with Gasteiger partial charge < -0.3 is 10.1 Å². The zero-order valence-corrected chi connectivity index (χ0v) is 12.1. The van der Waals surface area contributed by atoms with Crippen molar-refractivity contribution in [3.8, 4) is 5.75 Å². The lowest BCUT2D eigenvalue weighted by atomic mass is 9.82. The zero-order valence-electron chi connectivity index (χ0n) is 12.1. The standard InChI is InChI=1S/C18H19NO2/c1-21-15-9-5-8-14(12-15)19-18(20)17-11-4-7-13-6-2-3-10-16(13)17/h2-3,5-6,8-10,12,17H,4,7,11H2,1H3,(H,19,20)/t17-/m1/s1. The number of methoxy groups -OCH3 is 1. The lowest BCUT2D eigenvalue weighted by Gasteiger charge is -2.24. The van der Waals surface area contributed by atoms with Crippen molar-refractivity contribution >= 4 is 11.6 Å². The number of benzene rings is 2. The van der Waals surface area contributed by atoms with E-state index in [1.807, 2.05) is 36.4 Å². The number of hydrogen-bond acceptors (Lipinski definition) is 2. The van der Waals surface area contributed by atoms with Gasteiger partial charge in [-0.3, -0.25) is 4.79 Å². The lowest BCUT2D eigenvalue weighted by molar-refractivity contribution is -0.117. The molecule has 108 valence electrons. The molecule has 1 aliphatic rings. The van der Waals surface area contributed by atoms with Crippen molar-refractivity contribution in [2.24, 2.45) is 0 Å². The van der Waals surface area contributed by atoms with Gasteiger partial charge in [0.1, 0.15) is 5.75 Å². The minimum absolute atomic E-state index is 0.0545. The molecule has 2 aromatic rings. The van der Waals surface area contributed by atoms with Crippen molar-refractivity contribution in [1.82, 2.24) is 0 Å². The second-order valence-corrected chi connectivity index (χ2v) is 5.36. The van der Waals surface area contributed by atoms with Crippen LogP contribution in [0.1, 0.15) is 29.9 Å². The van der Waals surface area contributed by atoms with E-state index in [4.69, 9.17) is 4.74 Å². The fourth-order valence-corrected chi connectivity index (χ4v) is 2.96. The summed E-state index contributed by atoms with van der Waals surface area (Å²) >= 11 is 0. The number of carbonyl (C=O) groups excluding carboxylic acids is 1. The van der Waals surface area contributed by atoms with Crippen molar-refractivity contribution in [3.05, 3.63) is 59.7 Å². The van der Waals surface area contributed by atoms with E-state index in [-0.39, 0.29) is 11.8 Å². The molecule has 3 rings (SSSR count). The third-order valence-corrected chi connectivity index (χ3v) is 4.02. The van der Waals surface area contributed by atoms with E-state index in [0.29, 0.717) is 0 Å². The smallest absolute Gasteiger partial charge is 0.231 e. The first-order chi connectivity index (χ1) is 10.3. The van der Waals surface area contributed by atoms with Crippen LogP contribution in [-0.2, 0) is 11.2 Å². The van der Waals surface area contributed by atoms with Crippen molar-refractivity contribution < 1.29 is 9.53 Å². The molecule has 0 aliphatic heterocycles. The maximum Gasteiger partial charge on any atom is 0.231 e. The Morgan fingerprint density at radius 3 is 2.90 bits per heavy atom. The number of ether oxygens (including phenoxy) is 1. The highest BCUT2D eigenvalue weighted by molar-refractivity contribution is 5.96. The molecule has 1 N–H and O–H groups in total. The minimum Gasteiger partial charge on any atom is -0.497 e. The molecule has 0 fully saturated rings. The van der Waals surface area contributed by atoms with E-state index in [1.165, 1.54) is 11.1 Å². The summed E-state index contributed by atoms with van der Waals surface area (Å²) < 4.78 is 5.19. The zero-order chi connectivity index (χ0) is 14.7. The number of amides is 1. The van der Waals surface area contributed by atoms with Crippen LogP contribution in [0.25, 0.3) is 0 Å². The Morgan fingerprint density at radius 1 is 1.19 bits per heavy atom. The second kappa shape index (κ2) is 6.00. The van der Waals surface area contributed by atoms with Gasteiger partial charge in [0.15, 0.2) is 0 Å². The first-order valence-corrected chi connectivity index (χ1v) is 7.30. The Kier molecular flexibility index (Phi) is 3.91. The van der Waals surface area contributed by atoms with Crippen LogP contribution >= 0.6 is 0 Å². The number of carbonyl (C=O) groups is 1. The van der Waals surface area contributed by atoms with Gasteiger partial charge in [0.25, 0.3) is 0 Å². The Morgan fingerprint density at radius 2 is 2.05 bits per heavy atom. The van der Waals surface area contributed by atoms with Crippen LogP contribution in [0.5, 0.6) is 5.75 Å². The average Bonchev–Trinajstić information content (AvgIpc) is 2.54. The van der Waals surface area contributed by atoms with Crippen LogP contribution in [0.3, 0.4) is 0 Å². The number of aryl methyl sites for hydroxylation is 1. The maximum atomic E-state index is 12.6. The summed E-state index contributed by atoms with van der Waals surface area (Å²) in [4.78, 5) is 12.6. The van der Waals surface area contributed by atoms with Crippen molar-refractivity contribution in [2.45, 2.75) is 25.2 Å². The van der Waals surface area contributed by atoms with E-state index in [1.54, 1.807) is 7.11 Å². The maximum absolute atomic E-state index is 12.6. The van der Waals surface area contributed by atoms with Crippen molar-refractivity contribution in [3.63, 3.8) is 0 Å². The molecule has 0 saturated carbocycles. The summed E-state index contributed by atoms with van der Waals surface area (Å²) in [6.07, 6.45) is 3.04. The number of rotatable bonds is 3. The van der Waals surface area contributed by atoms with Crippen LogP contribution in [-0.4, -0.2) is 13.0 Å². The summed E-state index contributed by atoms with van der Waals surface area (Å²) in [5.41, 5.74) is 3.25. The molecule has 0 spiro atoms. The molecule has 1 atom stereocenters. The van der Waals surface area contributed by atoms with Gasteiger partial charge in [-0.25, -0.2) is 0 Å². The third-order valence-electron chi connectivity index (χ3n) is 4.02. The Labute approximate surface area is 124 Å². The van der Waals surface area contributed by atoms with Gasteiger partial charge in [0.2, 0.25) is 5.91 Å². The van der Waals surface area contributed by atoms with E-state index in [9.17, 15) is 4.79 Å². The molecular weight excluding hydrogens is 262 g/mol. The molecule has 0 bridgehead atoms. The number of hydrogen-bond donors (Lipinski definition) is 1. The third kappa shape index (κ3) is 2.92. The fraction of sp³-hybridized carbons (Fsp3) is 0.278. The highest BCUT2D eigenvalue weighted by Crippen LogP contribution is 2.32. The van der Waals surface area contributed by atoms with E-state index < -0.39 is 0 Å². The predicted molar refractivity (Wildman–Crippen MR) is 83.7 cm³/mol. The number of fused-ring (bicyclic) bond motifs is 1. The van der Waals surface area contributed by atoms with Gasteiger partial charge in [-0.2, -0.15) is 0 Å². The molecule has 0 saturated heterocycles. The largest absolute Gasteiger partial charge is 0.497 e. The Balaban J connectivity index is 1.80. The summed E-state index contributed by atoms with van der Waals surface area (Å²) in [6, 6.07) is 15.7. The minimum atomic E-state index is -0.0545. The predicted octanol–water partition coefficient (Wildman–Crippen LogP) is 3.75. The number of anilines is 1. The quantitative estimate of drug-likeness (QED) is 0.930. The Hall–Kier alpha value is -2.29. The van der Waals surface area contributed by atoms with Gasteiger partial charge in [-0.05, 0) is 42.5 Å². The van der Waals surface area contributed by atoms with Crippen LogP contribution in [0.2, 0.25) is 0 Å². The van der Waals surface area contributed by atoms with Gasteiger partial charge >= 0.3 is 0 Å². The SMILES string of the molecule is COc1cccc(NC(=O)[C@@H]2CCCc3ccccc32)c1. The van der Waals surface area contributed by atoms with Crippen molar-refractivity contribution in [2.75, 3.05) is 12.4 Å². The first-order valence-electron chi connectivity index (χ1n) is 7.30. The molecule has 1 aliphatic carbocycles. The number of nitrogens with one attached hydrogen (secondary N) is 1. The highest BCUT2D eigenvalue weighted by Gasteiger charge is 2.26. The lowest BCUT2D eigenvalue weighted by Crippen LogP contribution is -2.24. The monoisotopic (exact) mass is 281 g/mol. The molecule has 1 amide bonds. The molecule has 0 radical (unpaired) electrons. The molecule has 21 heavy (non-hydrogen) atoms. The summed E-state index contributed by atoms with van der Waals surface area (Å²) in [7, 11) is 1.62. The van der Waals surface area contributed by atoms with Gasteiger partial charge in [-0.15, -0.1) is 0 Å². The second-order valence-electron chi connectivity index (χ2n) is 5.36. The average molecular weight is 281 g/mol. The van der Waals surface area contributed by atoms with Gasteiger partial charge in [-0.1, -0.05) is 30.3 Å². The Bertz CT molecular complexity index is 651. The summed E-state index contributed by atoms with van der Waals surface area (Å²) in [5, 5.41) is 3.01. The first kappa shape index (κ1) is 13.7. The molecule has 2 aromatic carbocycles. The topological polar surface area (TPSA) is 38.3 Å². The van der Waals surface area contributed by atoms with Crippen LogP contribution in [0, 0.1) is 0 Å².